The van der Waals surface area contributed by atoms with E-state index >= 15 is 0 Å². The van der Waals surface area contributed by atoms with Gasteiger partial charge in [0.05, 0.1) is 11.6 Å². The highest BCUT2D eigenvalue weighted by Gasteiger charge is 2.05. The molecule has 12 heavy (non-hydrogen) atoms. The summed E-state index contributed by atoms with van der Waals surface area (Å²) in [5.74, 6) is -1.16. The number of rotatable bonds is 1. The Morgan fingerprint density at radius 2 is 2.33 bits per heavy atom. The molecule has 0 saturated heterocycles. The van der Waals surface area contributed by atoms with Crippen LogP contribution in [0.1, 0.15) is 23.0 Å². The SMILES string of the molecule is CC(=O)c1cc(C#N)cc(F)n1. The molecule has 0 aliphatic rings. The number of carbonyl (C=O) groups is 1. The summed E-state index contributed by atoms with van der Waals surface area (Å²) in [6, 6.07) is 3.96. The summed E-state index contributed by atoms with van der Waals surface area (Å²) in [6.07, 6.45) is 0. The van der Waals surface area contributed by atoms with Crippen LogP contribution >= 0.6 is 0 Å². The number of hydrogen-bond acceptors (Lipinski definition) is 3. The molecule has 1 aromatic heterocycles. The normalized spacial score (nSPS) is 9.08. The van der Waals surface area contributed by atoms with Gasteiger partial charge in [0.25, 0.3) is 0 Å². The van der Waals surface area contributed by atoms with Crippen molar-refractivity contribution in [2.75, 3.05) is 0 Å². The molecule has 4 heteroatoms. The van der Waals surface area contributed by atoms with E-state index in [-0.39, 0.29) is 17.0 Å². The fourth-order valence-electron chi connectivity index (χ4n) is 0.742. The third-order valence-electron chi connectivity index (χ3n) is 1.28. The second kappa shape index (κ2) is 3.09. The van der Waals surface area contributed by atoms with E-state index in [0.29, 0.717) is 0 Å². The summed E-state index contributed by atoms with van der Waals surface area (Å²) in [6.45, 7) is 1.27. The van der Waals surface area contributed by atoms with Crippen LogP contribution in [-0.2, 0) is 0 Å². The van der Waals surface area contributed by atoms with Crippen molar-refractivity contribution in [3.05, 3.63) is 29.3 Å². The lowest BCUT2D eigenvalue weighted by Gasteiger charge is -1.94. The fraction of sp³-hybridized carbons (Fsp3) is 0.125. The second-order valence-corrected chi connectivity index (χ2v) is 2.23. The number of nitrogens with zero attached hydrogens (tertiary/aromatic N) is 2. The van der Waals surface area contributed by atoms with Crippen LogP contribution in [0.2, 0.25) is 0 Å². The molecule has 0 fully saturated rings. The first-order valence-corrected chi connectivity index (χ1v) is 3.22. The quantitative estimate of drug-likeness (QED) is 0.464. The molecular weight excluding hydrogens is 159 g/mol. The van der Waals surface area contributed by atoms with Gasteiger partial charge in [0, 0.05) is 13.0 Å². The van der Waals surface area contributed by atoms with Gasteiger partial charge in [-0.05, 0) is 6.07 Å². The maximum absolute atomic E-state index is 12.6. The standard InChI is InChI=1S/C8H5FN2O/c1-5(12)7-2-6(4-10)3-8(9)11-7/h2-3H,1H3. The molecule has 1 heterocycles. The zero-order chi connectivity index (χ0) is 9.14. The predicted octanol–water partition coefficient (Wildman–Crippen LogP) is 1.29. The van der Waals surface area contributed by atoms with Crippen LogP contribution in [-0.4, -0.2) is 10.8 Å². The van der Waals surface area contributed by atoms with Crippen molar-refractivity contribution in [3.63, 3.8) is 0 Å². The molecular formula is C8H5FN2O. The Balaban J connectivity index is 3.26. The van der Waals surface area contributed by atoms with Gasteiger partial charge in [0.1, 0.15) is 5.69 Å². The number of pyridine rings is 1. The maximum atomic E-state index is 12.6. The lowest BCUT2D eigenvalue weighted by Crippen LogP contribution is -1.99. The van der Waals surface area contributed by atoms with Crippen molar-refractivity contribution in [2.45, 2.75) is 6.92 Å². The summed E-state index contributed by atoms with van der Waals surface area (Å²) in [7, 11) is 0. The number of hydrogen-bond donors (Lipinski definition) is 0. The molecule has 0 unspecified atom stereocenters. The molecule has 60 valence electrons. The molecule has 1 aromatic rings. The third kappa shape index (κ3) is 1.64. The van der Waals surface area contributed by atoms with E-state index in [1.54, 1.807) is 6.07 Å². The molecule has 0 saturated carbocycles. The number of carbonyl (C=O) groups excluding carboxylic acids is 1. The molecule has 0 amide bonds. The van der Waals surface area contributed by atoms with Crippen molar-refractivity contribution >= 4 is 5.78 Å². The molecule has 0 radical (unpaired) electrons. The Morgan fingerprint density at radius 1 is 1.67 bits per heavy atom. The average molecular weight is 164 g/mol. The van der Waals surface area contributed by atoms with Crippen molar-refractivity contribution in [1.29, 1.82) is 5.26 Å². The smallest absolute Gasteiger partial charge is 0.214 e. The van der Waals surface area contributed by atoms with E-state index in [9.17, 15) is 9.18 Å². The van der Waals surface area contributed by atoms with Crippen LogP contribution in [0, 0.1) is 17.3 Å². The molecule has 0 aromatic carbocycles. The zero-order valence-electron chi connectivity index (χ0n) is 6.34. The summed E-state index contributed by atoms with van der Waals surface area (Å²) in [4.78, 5) is 14.0. The first-order valence-electron chi connectivity index (χ1n) is 3.22. The van der Waals surface area contributed by atoms with Crippen LogP contribution in [0.25, 0.3) is 0 Å². The average Bonchev–Trinajstić information content (AvgIpc) is 2.03. The largest absolute Gasteiger partial charge is 0.293 e. The molecule has 3 nitrogen and oxygen atoms in total. The van der Waals surface area contributed by atoms with Gasteiger partial charge >= 0.3 is 0 Å². The summed E-state index contributed by atoms with van der Waals surface area (Å²) >= 11 is 0. The van der Waals surface area contributed by atoms with Crippen LogP contribution in [0.3, 0.4) is 0 Å². The maximum Gasteiger partial charge on any atom is 0.214 e. The highest BCUT2D eigenvalue weighted by atomic mass is 19.1. The highest BCUT2D eigenvalue weighted by Crippen LogP contribution is 2.04. The minimum absolute atomic E-state index is 0.0217. The summed E-state index contributed by atoms with van der Waals surface area (Å²) in [5, 5.41) is 8.41. The number of ketones is 1. The lowest BCUT2D eigenvalue weighted by molar-refractivity contribution is 0.101. The lowest BCUT2D eigenvalue weighted by atomic mass is 10.2. The third-order valence-corrected chi connectivity index (χ3v) is 1.28. The van der Waals surface area contributed by atoms with Crippen molar-refractivity contribution in [1.82, 2.24) is 4.98 Å². The molecule has 0 atom stereocenters. The topological polar surface area (TPSA) is 53.8 Å². The van der Waals surface area contributed by atoms with Gasteiger partial charge in [-0.15, -0.1) is 0 Å². The Hall–Kier alpha value is -1.76. The minimum Gasteiger partial charge on any atom is -0.293 e. The van der Waals surface area contributed by atoms with Gasteiger partial charge < -0.3 is 0 Å². The van der Waals surface area contributed by atoms with Gasteiger partial charge in [0.15, 0.2) is 5.78 Å². The van der Waals surface area contributed by atoms with E-state index in [0.717, 1.165) is 6.07 Å². The van der Waals surface area contributed by atoms with Crippen molar-refractivity contribution in [3.8, 4) is 6.07 Å². The van der Waals surface area contributed by atoms with Crippen LogP contribution in [0.5, 0.6) is 0 Å². The predicted molar refractivity (Wildman–Crippen MR) is 38.9 cm³/mol. The van der Waals surface area contributed by atoms with E-state index in [1.807, 2.05) is 0 Å². The first-order chi connectivity index (χ1) is 5.63. The summed E-state index contributed by atoms with van der Waals surface area (Å²) < 4.78 is 12.6. The van der Waals surface area contributed by atoms with Crippen LogP contribution < -0.4 is 0 Å². The van der Waals surface area contributed by atoms with Gasteiger partial charge in [0.2, 0.25) is 5.95 Å². The van der Waals surface area contributed by atoms with Crippen molar-refractivity contribution in [2.24, 2.45) is 0 Å². The van der Waals surface area contributed by atoms with E-state index < -0.39 is 5.95 Å². The zero-order valence-corrected chi connectivity index (χ0v) is 6.34. The number of aromatic nitrogens is 1. The van der Waals surface area contributed by atoms with E-state index in [4.69, 9.17) is 5.26 Å². The van der Waals surface area contributed by atoms with Gasteiger partial charge in [-0.3, -0.25) is 4.79 Å². The Kier molecular flexibility index (Phi) is 2.15. The molecule has 0 spiro atoms. The second-order valence-electron chi connectivity index (χ2n) is 2.23. The number of halogens is 1. The van der Waals surface area contributed by atoms with Gasteiger partial charge in [-0.2, -0.15) is 9.65 Å². The van der Waals surface area contributed by atoms with E-state index in [2.05, 4.69) is 4.98 Å². The minimum atomic E-state index is -0.806. The Bertz CT molecular complexity index is 368. The van der Waals surface area contributed by atoms with Crippen molar-refractivity contribution < 1.29 is 9.18 Å². The summed E-state index contributed by atoms with van der Waals surface area (Å²) in [5.41, 5.74) is 0.0826. The highest BCUT2D eigenvalue weighted by molar-refractivity contribution is 5.92. The van der Waals surface area contributed by atoms with Crippen LogP contribution in [0.4, 0.5) is 4.39 Å². The Labute approximate surface area is 68.5 Å². The van der Waals surface area contributed by atoms with Crippen LogP contribution in [0.15, 0.2) is 12.1 Å². The van der Waals surface area contributed by atoms with Gasteiger partial charge in [-0.1, -0.05) is 0 Å². The molecule has 0 aliphatic carbocycles. The van der Waals surface area contributed by atoms with Gasteiger partial charge in [-0.25, -0.2) is 4.98 Å². The fourth-order valence-corrected chi connectivity index (χ4v) is 0.742. The number of Topliss-reactive ketones (excluding diaryl/α,β-unsaturated/α-hetero) is 1. The molecule has 0 N–H and O–H groups in total. The molecule has 0 bridgehead atoms. The first kappa shape index (κ1) is 8.34. The Morgan fingerprint density at radius 3 is 2.83 bits per heavy atom. The molecule has 1 rings (SSSR count). The number of nitriles is 1. The van der Waals surface area contributed by atoms with E-state index in [1.165, 1.54) is 13.0 Å². The monoisotopic (exact) mass is 164 g/mol. The molecule has 0 aliphatic heterocycles.